The highest BCUT2D eigenvalue weighted by Crippen LogP contribution is 2.35. The van der Waals surface area contributed by atoms with Crippen LogP contribution in [0.25, 0.3) is 0 Å². The highest BCUT2D eigenvalue weighted by Gasteiger charge is 2.34. The third kappa shape index (κ3) is 5.38. The van der Waals surface area contributed by atoms with E-state index >= 15 is 0 Å². The molecule has 21 heavy (non-hydrogen) atoms. The zero-order valence-corrected chi connectivity index (χ0v) is 11.4. The maximum Gasteiger partial charge on any atom is 0.419 e. The Labute approximate surface area is 121 Å². The van der Waals surface area contributed by atoms with Crippen molar-refractivity contribution in [3.05, 3.63) is 29.8 Å². The molecule has 0 heterocycles. The molecule has 0 fully saturated rings. The molecule has 1 aromatic rings. The lowest BCUT2D eigenvalue weighted by atomic mass is 10.2. The summed E-state index contributed by atoms with van der Waals surface area (Å²) in [4.78, 5) is 11.3. The van der Waals surface area contributed by atoms with E-state index < -0.39 is 23.8 Å². The van der Waals surface area contributed by atoms with Gasteiger partial charge in [-0.25, -0.2) is 0 Å². The van der Waals surface area contributed by atoms with Crippen LogP contribution in [0.15, 0.2) is 24.3 Å². The molecule has 1 rings (SSSR count). The first-order valence-electron chi connectivity index (χ1n) is 6.33. The molecular formula is C15H15F3O3. The summed E-state index contributed by atoms with van der Waals surface area (Å²) in [6, 6.07) is 4.77. The first-order chi connectivity index (χ1) is 9.88. The number of ether oxygens (including phenoxy) is 2. The predicted molar refractivity (Wildman–Crippen MR) is 70.6 cm³/mol. The number of hydrogen-bond donors (Lipinski definition) is 0. The molecule has 0 spiro atoms. The van der Waals surface area contributed by atoms with Crippen LogP contribution < -0.4 is 4.74 Å². The quantitative estimate of drug-likeness (QED) is 0.596. The first-order valence-corrected chi connectivity index (χ1v) is 6.33. The summed E-state index contributed by atoms with van der Waals surface area (Å²) in [7, 11) is 0. The SMILES string of the molecule is C#C[C@@H](COc1ccccc1C(F)(F)F)OC(=O)CCC. The van der Waals surface area contributed by atoms with E-state index in [-0.39, 0.29) is 18.8 Å². The summed E-state index contributed by atoms with van der Waals surface area (Å²) < 4.78 is 48.2. The van der Waals surface area contributed by atoms with Gasteiger partial charge in [-0.05, 0) is 18.6 Å². The lowest BCUT2D eigenvalue weighted by Crippen LogP contribution is -2.24. The molecule has 0 aliphatic rings. The summed E-state index contributed by atoms with van der Waals surface area (Å²) in [6.07, 6.45) is 0.409. The number of halogens is 3. The lowest BCUT2D eigenvalue weighted by molar-refractivity contribution is -0.148. The normalized spacial score (nSPS) is 12.3. The monoisotopic (exact) mass is 300 g/mol. The van der Waals surface area contributed by atoms with E-state index in [1.807, 2.05) is 0 Å². The predicted octanol–water partition coefficient (Wildman–Crippen LogP) is 3.43. The number of benzene rings is 1. The van der Waals surface area contributed by atoms with E-state index in [4.69, 9.17) is 15.9 Å². The third-order valence-electron chi connectivity index (χ3n) is 2.50. The van der Waals surface area contributed by atoms with E-state index in [1.54, 1.807) is 6.92 Å². The molecule has 1 atom stereocenters. The van der Waals surface area contributed by atoms with Crippen LogP contribution in [0.2, 0.25) is 0 Å². The average Bonchev–Trinajstić information content (AvgIpc) is 2.43. The van der Waals surface area contributed by atoms with E-state index in [2.05, 4.69) is 5.92 Å². The second-order valence-electron chi connectivity index (χ2n) is 4.20. The van der Waals surface area contributed by atoms with Crippen LogP contribution >= 0.6 is 0 Å². The number of para-hydroxylation sites is 1. The standard InChI is InChI=1S/C15H15F3O3/c1-3-7-14(19)21-11(4-2)10-20-13-9-6-5-8-12(13)15(16,17)18/h2,5-6,8-9,11H,3,7,10H2,1H3/t11-/m0/s1. The van der Waals surface area contributed by atoms with Crippen molar-refractivity contribution < 1.29 is 27.4 Å². The molecule has 0 unspecified atom stereocenters. The molecule has 114 valence electrons. The Morgan fingerprint density at radius 1 is 1.38 bits per heavy atom. The van der Waals surface area contributed by atoms with Gasteiger partial charge < -0.3 is 9.47 Å². The average molecular weight is 300 g/mol. The fourth-order valence-electron chi connectivity index (χ4n) is 1.53. The first kappa shape index (κ1) is 16.9. The van der Waals surface area contributed by atoms with Crippen molar-refractivity contribution in [3.8, 4) is 18.1 Å². The molecule has 0 radical (unpaired) electrons. The maximum absolute atomic E-state index is 12.8. The van der Waals surface area contributed by atoms with Gasteiger partial charge in [0.2, 0.25) is 0 Å². The molecule has 0 aliphatic heterocycles. The summed E-state index contributed by atoms with van der Waals surface area (Å²) in [5.41, 5.74) is -0.902. The topological polar surface area (TPSA) is 35.5 Å². The summed E-state index contributed by atoms with van der Waals surface area (Å²) in [6.45, 7) is 1.46. The Morgan fingerprint density at radius 2 is 2.05 bits per heavy atom. The molecule has 1 aromatic carbocycles. The van der Waals surface area contributed by atoms with Gasteiger partial charge in [-0.3, -0.25) is 4.79 Å². The molecule has 0 aliphatic carbocycles. The van der Waals surface area contributed by atoms with E-state index in [0.717, 1.165) is 6.07 Å². The van der Waals surface area contributed by atoms with Gasteiger partial charge in [0.1, 0.15) is 12.4 Å². The number of hydrogen-bond acceptors (Lipinski definition) is 3. The van der Waals surface area contributed by atoms with Crippen molar-refractivity contribution >= 4 is 5.97 Å². The van der Waals surface area contributed by atoms with E-state index in [1.165, 1.54) is 18.2 Å². The minimum atomic E-state index is -4.53. The van der Waals surface area contributed by atoms with Crippen LogP contribution in [0.5, 0.6) is 5.75 Å². The maximum atomic E-state index is 12.8. The van der Waals surface area contributed by atoms with Gasteiger partial charge in [0.25, 0.3) is 0 Å². The number of terminal acetylenes is 1. The Hall–Kier alpha value is -2.16. The van der Waals surface area contributed by atoms with Gasteiger partial charge in [-0.1, -0.05) is 25.0 Å². The van der Waals surface area contributed by atoms with Crippen molar-refractivity contribution in [3.63, 3.8) is 0 Å². The van der Waals surface area contributed by atoms with Crippen LogP contribution in [0.1, 0.15) is 25.3 Å². The highest BCUT2D eigenvalue weighted by atomic mass is 19.4. The van der Waals surface area contributed by atoms with Crippen LogP contribution in [-0.4, -0.2) is 18.7 Å². The van der Waals surface area contributed by atoms with Crippen molar-refractivity contribution in [1.29, 1.82) is 0 Å². The van der Waals surface area contributed by atoms with Gasteiger partial charge >= 0.3 is 12.1 Å². The molecule has 0 saturated carbocycles. The molecule has 0 saturated heterocycles. The van der Waals surface area contributed by atoms with Crippen LogP contribution in [-0.2, 0) is 15.7 Å². The number of alkyl halides is 3. The van der Waals surface area contributed by atoms with E-state index in [9.17, 15) is 18.0 Å². The van der Waals surface area contributed by atoms with Crippen molar-refractivity contribution in [2.24, 2.45) is 0 Å². The lowest BCUT2D eigenvalue weighted by Gasteiger charge is -2.16. The molecular weight excluding hydrogens is 285 g/mol. The Kier molecular flexibility index (Phi) is 6.10. The smallest absolute Gasteiger partial charge is 0.419 e. The fourth-order valence-corrected chi connectivity index (χ4v) is 1.53. The van der Waals surface area contributed by atoms with Gasteiger partial charge in [0.05, 0.1) is 5.56 Å². The van der Waals surface area contributed by atoms with Crippen molar-refractivity contribution in [2.45, 2.75) is 32.0 Å². The number of esters is 1. The highest BCUT2D eigenvalue weighted by molar-refractivity contribution is 5.69. The molecule has 0 bridgehead atoms. The van der Waals surface area contributed by atoms with Crippen molar-refractivity contribution in [2.75, 3.05) is 6.61 Å². The Balaban J connectivity index is 2.70. The third-order valence-corrected chi connectivity index (χ3v) is 2.50. The zero-order valence-electron chi connectivity index (χ0n) is 11.4. The van der Waals surface area contributed by atoms with Crippen LogP contribution in [0, 0.1) is 12.3 Å². The largest absolute Gasteiger partial charge is 0.488 e. The Morgan fingerprint density at radius 3 is 2.62 bits per heavy atom. The number of rotatable bonds is 6. The number of carbonyl (C=O) groups is 1. The number of carbonyl (C=O) groups excluding carboxylic acids is 1. The molecule has 6 heteroatoms. The molecule has 0 aromatic heterocycles. The summed E-state index contributed by atoms with van der Waals surface area (Å²) in [5, 5.41) is 0. The van der Waals surface area contributed by atoms with Crippen molar-refractivity contribution in [1.82, 2.24) is 0 Å². The van der Waals surface area contributed by atoms with Crippen LogP contribution in [0.3, 0.4) is 0 Å². The summed E-state index contributed by atoms with van der Waals surface area (Å²) >= 11 is 0. The minimum Gasteiger partial charge on any atom is -0.488 e. The van der Waals surface area contributed by atoms with Gasteiger partial charge in [0, 0.05) is 6.42 Å². The zero-order chi connectivity index (χ0) is 15.9. The van der Waals surface area contributed by atoms with E-state index in [0.29, 0.717) is 6.42 Å². The molecule has 0 amide bonds. The fraction of sp³-hybridized carbons (Fsp3) is 0.400. The molecule has 3 nitrogen and oxygen atoms in total. The van der Waals surface area contributed by atoms with Crippen LogP contribution in [0.4, 0.5) is 13.2 Å². The molecule has 0 N–H and O–H groups in total. The summed E-state index contributed by atoms with van der Waals surface area (Å²) in [5.74, 6) is 1.31. The van der Waals surface area contributed by atoms with Gasteiger partial charge in [0.15, 0.2) is 6.10 Å². The Bertz CT molecular complexity index is 518. The second kappa shape index (κ2) is 7.58. The van der Waals surface area contributed by atoms with Gasteiger partial charge in [-0.15, -0.1) is 6.42 Å². The second-order valence-corrected chi connectivity index (χ2v) is 4.20. The van der Waals surface area contributed by atoms with Gasteiger partial charge in [-0.2, -0.15) is 13.2 Å². The minimum absolute atomic E-state index is 0.192.